The van der Waals surface area contributed by atoms with Gasteiger partial charge in [0.2, 0.25) is 5.91 Å². The van der Waals surface area contributed by atoms with Gasteiger partial charge < -0.3 is 19.9 Å². The highest BCUT2D eigenvalue weighted by molar-refractivity contribution is 5.77. The lowest BCUT2D eigenvalue weighted by Gasteiger charge is -2.49. The molecular weight excluding hydrogens is 366 g/mol. The predicted molar refractivity (Wildman–Crippen MR) is 101 cm³/mol. The first kappa shape index (κ1) is 20.5. The van der Waals surface area contributed by atoms with Gasteiger partial charge in [0.15, 0.2) is 0 Å². The Morgan fingerprint density at radius 1 is 1.50 bits per heavy atom. The van der Waals surface area contributed by atoms with E-state index in [0.29, 0.717) is 31.8 Å². The molecule has 0 radical (unpaired) electrons. The summed E-state index contributed by atoms with van der Waals surface area (Å²) in [5.74, 6) is -0.163. The lowest BCUT2D eigenvalue weighted by molar-refractivity contribution is -0.385. The molecule has 9 heteroatoms. The van der Waals surface area contributed by atoms with Crippen molar-refractivity contribution in [1.29, 1.82) is 0 Å². The smallest absolute Gasteiger partial charge is 0.274 e. The van der Waals surface area contributed by atoms with E-state index in [2.05, 4.69) is 10.2 Å². The average molecular weight is 393 g/mol. The molecule has 3 rings (SSSR count). The van der Waals surface area contributed by atoms with E-state index in [0.717, 1.165) is 25.7 Å². The molecule has 28 heavy (non-hydrogen) atoms. The monoisotopic (exact) mass is 393 g/mol. The molecule has 1 spiro atoms. The highest BCUT2D eigenvalue weighted by Crippen LogP contribution is 2.36. The minimum Gasteiger partial charge on any atom is -0.508 e. The highest BCUT2D eigenvalue weighted by Gasteiger charge is 2.46. The van der Waals surface area contributed by atoms with Crippen LogP contribution in [0.5, 0.6) is 5.75 Å². The molecule has 1 aliphatic carbocycles. The minimum atomic E-state index is -0.508. The Morgan fingerprint density at radius 3 is 3.07 bits per heavy atom. The number of nitro groups is 1. The number of phenols is 1. The van der Waals surface area contributed by atoms with Crippen molar-refractivity contribution in [2.75, 3.05) is 33.4 Å². The van der Waals surface area contributed by atoms with Crippen molar-refractivity contribution in [1.82, 2.24) is 10.2 Å². The average Bonchev–Trinajstić information content (AvgIpc) is 2.64. The number of phenolic OH excluding ortho intramolecular Hbond substituents is 1. The third kappa shape index (κ3) is 4.60. The van der Waals surface area contributed by atoms with Crippen LogP contribution in [0, 0.1) is 10.1 Å². The van der Waals surface area contributed by atoms with Gasteiger partial charge in [-0.1, -0.05) is 12.8 Å². The number of nitrogens with zero attached hydrogens (tertiary/aromatic N) is 2. The largest absolute Gasteiger partial charge is 0.508 e. The molecule has 2 fully saturated rings. The minimum absolute atomic E-state index is 0.00550. The second kappa shape index (κ2) is 8.85. The molecule has 9 nitrogen and oxygen atoms in total. The van der Waals surface area contributed by atoms with Crippen molar-refractivity contribution >= 4 is 11.6 Å². The van der Waals surface area contributed by atoms with E-state index >= 15 is 0 Å². The van der Waals surface area contributed by atoms with Crippen LogP contribution < -0.4 is 5.32 Å². The number of morpholine rings is 1. The summed E-state index contributed by atoms with van der Waals surface area (Å²) in [4.78, 5) is 25.1. The third-order valence-electron chi connectivity index (χ3n) is 5.53. The molecule has 1 aliphatic heterocycles. The zero-order valence-corrected chi connectivity index (χ0v) is 16.1. The zero-order chi connectivity index (χ0) is 20.1. The first-order chi connectivity index (χ1) is 13.4. The number of hydrogen-bond donors (Lipinski definition) is 2. The summed E-state index contributed by atoms with van der Waals surface area (Å²) in [6.07, 6.45) is 3.68. The van der Waals surface area contributed by atoms with Crippen LogP contribution in [0.15, 0.2) is 18.2 Å². The topological polar surface area (TPSA) is 114 Å². The highest BCUT2D eigenvalue weighted by atomic mass is 16.6. The molecular formula is C19H27N3O6. The van der Waals surface area contributed by atoms with Crippen molar-refractivity contribution < 1.29 is 24.3 Å². The quantitative estimate of drug-likeness (QED) is 0.557. The number of hydrogen-bond acceptors (Lipinski definition) is 7. The Balaban J connectivity index is 1.76. The number of rotatable bonds is 6. The molecule has 1 saturated carbocycles. The van der Waals surface area contributed by atoms with Crippen LogP contribution in [0.25, 0.3) is 0 Å². The van der Waals surface area contributed by atoms with Crippen LogP contribution in [-0.2, 0) is 20.8 Å². The molecule has 1 aromatic carbocycles. The fourth-order valence-corrected chi connectivity index (χ4v) is 4.28. The van der Waals surface area contributed by atoms with E-state index in [9.17, 15) is 20.0 Å². The van der Waals surface area contributed by atoms with Gasteiger partial charge in [-0.3, -0.25) is 19.8 Å². The third-order valence-corrected chi connectivity index (χ3v) is 5.53. The fraction of sp³-hybridized carbons (Fsp3) is 0.632. The van der Waals surface area contributed by atoms with Crippen molar-refractivity contribution in [3.05, 3.63) is 33.9 Å². The van der Waals surface area contributed by atoms with Gasteiger partial charge in [-0.25, -0.2) is 0 Å². The van der Waals surface area contributed by atoms with Crippen molar-refractivity contribution in [2.24, 2.45) is 0 Å². The summed E-state index contributed by atoms with van der Waals surface area (Å²) in [6.45, 7) is 2.04. The molecule has 0 unspecified atom stereocenters. The van der Waals surface area contributed by atoms with Gasteiger partial charge >= 0.3 is 0 Å². The van der Waals surface area contributed by atoms with Gasteiger partial charge in [0.05, 0.1) is 17.6 Å². The lowest BCUT2D eigenvalue weighted by Crippen LogP contribution is -2.64. The Hall–Kier alpha value is -2.23. The Labute approximate surface area is 163 Å². The molecule has 2 N–H and O–H groups in total. The molecule has 1 amide bonds. The fourth-order valence-electron chi connectivity index (χ4n) is 4.28. The zero-order valence-electron chi connectivity index (χ0n) is 16.1. The second-order valence-corrected chi connectivity index (χ2v) is 7.49. The summed E-state index contributed by atoms with van der Waals surface area (Å²) in [7, 11) is 1.48. The van der Waals surface area contributed by atoms with Crippen molar-refractivity contribution in [3.63, 3.8) is 0 Å². The van der Waals surface area contributed by atoms with Crippen LogP contribution in [0.3, 0.4) is 0 Å². The molecule has 1 aromatic rings. The van der Waals surface area contributed by atoms with Crippen LogP contribution in [0.2, 0.25) is 0 Å². The maximum atomic E-state index is 12.1. The number of methoxy groups -OCH3 is 1. The van der Waals surface area contributed by atoms with Gasteiger partial charge in [0, 0.05) is 38.4 Å². The predicted octanol–water partition coefficient (Wildman–Crippen LogP) is 1.58. The standard InChI is InChI=1S/C19H27N3O6/c1-27-12-18(24)20-17-4-2-3-7-19(17)13-21(8-9-28-19)11-14-10-15(23)5-6-16(14)22(25)26/h5-6,10,17,23H,2-4,7-9,11-13H2,1H3,(H,20,24)/t17-,19-/m0/s1. The molecule has 0 aromatic heterocycles. The summed E-state index contributed by atoms with van der Waals surface area (Å²) in [5.41, 5.74) is -0.0457. The van der Waals surface area contributed by atoms with E-state index in [4.69, 9.17) is 9.47 Å². The molecule has 2 aliphatic rings. The van der Waals surface area contributed by atoms with Crippen LogP contribution in [-0.4, -0.2) is 65.9 Å². The molecule has 154 valence electrons. The maximum absolute atomic E-state index is 12.1. The van der Waals surface area contributed by atoms with E-state index < -0.39 is 10.5 Å². The summed E-state index contributed by atoms with van der Waals surface area (Å²) in [5, 5.41) is 24.1. The van der Waals surface area contributed by atoms with Crippen molar-refractivity contribution in [2.45, 2.75) is 43.9 Å². The number of aromatic hydroxyl groups is 1. The number of carbonyl (C=O) groups is 1. The SMILES string of the molecule is COCC(=O)N[C@H]1CCCC[C@]12CN(Cc1cc(O)ccc1[N+](=O)[O-])CCO2. The van der Waals surface area contributed by atoms with Gasteiger partial charge in [0.1, 0.15) is 18.0 Å². The Morgan fingerprint density at radius 2 is 2.32 bits per heavy atom. The molecule has 1 saturated heterocycles. The van der Waals surface area contributed by atoms with E-state index in [1.54, 1.807) is 0 Å². The van der Waals surface area contributed by atoms with Gasteiger partial charge in [-0.2, -0.15) is 0 Å². The number of carbonyl (C=O) groups excluding carboxylic acids is 1. The van der Waals surface area contributed by atoms with E-state index in [1.807, 2.05) is 0 Å². The van der Waals surface area contributed by atoms with E-state index in [-0.39, 0.29) is 30.0 Å². The second-order valence-electron chi connectivity index (χ2n) is 7.49. The van der Waals surface area contributed by atoms with Gasteiger partial charge in [-0.15, -0.1) is 0 Å². The normalized spacial score (nSPS) is 25.5. The first-order valence-electron chi connectivity index (χ1n) is 9.54. The maximum Gasteiger partial charge on any atom is 0.274 e. The van der Waals surface area contributed by atoms with Gasteiger partial charge in [-0.05, 0) is 25.0 Å². The number of amides is 1. The Bertz CT molecular complexity index is 724. The summed E-state index contributed by atoms with van der Waals surface area (Å²) >= 11 is 0. The van der Waals surface area contributed by atoms with Crippen molar-refractivity contribution in [3.8, 4) is 5.75 Å². The molecule has 2 atom stereocenters. The number of nitro benzene ring substituents is 1. The Kier molecular flexibility index (Phi) is 6.48. The number of nitrogens with one attached hydrogen (secondary N) is 1. The van der Waals surface area contributed by atoms with Crippen LogP contribution >= 0.6 is 0 Å². The van der Waals surface area contributed by atoms with Gasteiger partial charge in [0.25, 0.3) is 5.69 Å². The number of ether oxygens (including phenoxy) is 2. The molecule has 0 bridgehead atoms. The van der Waals surface area contributed by atoms with E-state index in [1.165, 1.54) is 25.3 Å². The lowest BCUT2D eigenvalue weighted by atomic mass is 9.78. The molecule has 1 heterocycles. The number of benzene rings is 1. The first-order valence-corrected chi connectivity index (χ1v) is 9.54. The summed E-state index contributed by atoms with van der Waals surface area (Å²) in [6, 6.07) is 3.98. The summed E-state index contributed by atoms with van der Waals surface area (Å²) < 4.78 is 11.1. The van der Waals surface area contributed by atoms with Crippen LogP contribution in [0.1, 0.15) is 31.2 Å². The van der Waals surface area contributed by atoms with Crippen LogP contribution in [0.4, 0.5) is 5.69 Å².